The van der Waals surface area contributed by atoms with E-state index in [0.29, 0.717) is 29.0 Å². The third-order valence-electron chi connectivity index (χ3n) is 8.07. The van der Waals surface area contributed by atoms with E-state index in [1.54, 1.807) is 11.8 Å². The molecule has 1 aliphatic carbocycles. The highest BCUT2D eigenvalue weighted by molar-refractivity contribution is 7.99. The molecule has 2 aromatic carbocycles. The number of carbonyl (C=O) groups is 3. The average Bonchev–Trinajstić information content (AvgIpc) is 3.27. The van der Waals surface area contributed by atoms with Gasteiger partial charge in [-0.2, -0.15) is 11.8 Å². The highest BCUT2D eigenvalue weighted by Crippen LogP contribution is 2.46. The molecule has 0 amide bonds. The minimum atomic E-state index is -0.921. The number of fused-ring (bicyclic) bond motifs is 3. The number of aromatic nitrogens is 1. The van der Waals surface area contributed by atoms with Gasteiger partial charge in [-0.25, -0.2) is 4.79 Å². The number of allylic oxidation sites excluding steroid dienone is 3. The van der Waals surface area contributed by atoms with Crippen molar-refractivity contribution >= 4 is 51.3 Å². The summed E-state index contributed by atoms with van der Waals surface area (Å²) in [7, 11) is 1.31. The van der Waals surface area contributed by atoms with E-state index in [0.717, 1.165) is 45.4 Å². The van der Waals surface area contributed by atoms with E-state index < -0.39 is 23.8 Å². The van der Waals surface area contributed by atoms with Crippen LogP contribution in [0.25, 0.3) is 21.8 Å². The summed E-state index contributed by atoms with van der Waals surface area (Å²) < 4.78 is 13.0. The molecule has 0 fully saturated rings. The number of esters is 2. The van der Waals surface area contributed by atoms with Crippen LogP contribution in [0.1, 0.15) is 45.6 Å². The number of benzene rings is 2. The Hall–Kier alpha value is -3.52. The molecule has 2 aliphatic rings. The monoisotopic (exact) mass is 560 g/mol. The second-order valence-corrected chi connectivity index (χ2v) is 11.8. The summed E-state index contributed by atoms with van der Waals surface area (Å²) in [5, 5.41) is 5.51. The quantitative estimate of drug-likeness (QED) is 0.214. The Morgan fingerprint density at radius 3 is 2.58 bits per heavy atom. The van der Waals surface area contributed by atoms with E-state index in [9.17, 15) is 14.4 Å². The first kappa shape index (κ1) is 28.0. The minimum Gasteiger partial charge on any atom is -0.468 e. The van der Waals surface area contributed by atoms with E-state index in [1.165, 1.54) is 7.11 Å². The Morgan fingerprint density at radius 1 is 1.10 bits per heavy atom. The first-order chi connectivity index (χ1) is 19.3. The van der Waals surface area contributed by atoms with Crippen LogP contribution in [0.5, 0.6) is 0 Å². The molecule has 1 aliphatic heterocycles. The van der Waals surface area contributed by atoms with Crippen LogP contribution in [0, 0.1) is 11.8 Å². The average molecular weight is 561 g/mol. The van der Waals surface area contributed by atoms with Crippen LogP contribution in [0.3, 0.4) is 0 Å². The Bertz CT molecular complexity index is 1570. The summed E-state index contributed by atoms with van der Waals surface area (Å²) in [5.41, 5.74) is 5.33. The molecule has 0 spiro atoms. The van der Waals surface area contributed by atoms with Crippen LogP contribution >= 0.6 is 11.8 Å². The van der Waals surface area contributed by atoms with Crippen LogP contribution in [0.2, 0.25) is 0 Å². The normalized spacial score (nSPS) is 21.0. The molecule has 1 aromatic heterocycles. The third kappa shape index (κ3) is 4.72. The number of para-hydroxylation sites is 1. The lowest BCUT2D eigenvalue weighted by Crippen LogP contribution is -2.43. The van der Waals surface area contributed by atoms with Crippen molar-refractivity contribution in [1.82, 2.24) is 9.88 Å². The maximum atomic E-state index is 14.1. The summed E-state index contributed by atoms with van der Waals surface area (Å²) in [4.78, 5) is 40.5. The van der Waals surface area contributed by atoms with Gasteiger partial charge in [0, 0.05) is 57.0 Å². The molecule has 2 heterocycles. The van der Waals surface area contributed by atoms with Crippen molar-refractivity contribution in [3.05, 3.63) is 70.6 Å². The van der Waals surface area contributed by atoms with Crippen molar-refractivity contribution in [3.63, 3.8) is 0 Å². The lowest BCUT2D eigenvalue weighted by atomic mass is 9.69. The molecule has 3 atom stereocenters. The number of hydrogen-bond acceptors (Lipinski definition) is 7. The van der Waals surface area contributed by atoms with Crippen LogP contribution in [0.4, 0.5) is 0 Å². The number of thioether (sulfide) groups is 1. The predicted octanol–water partition coefficient (Wildman–Crippen LogP) is 5.72. The smallest absolute Gasteiger partial charge is 0.336 e. The number of rotatable bonds is 8. The van der Waals surface area contributed by atoms with E-state index in [4.69, 9.17) is 9.47 Å². The second kappa shape index (κ2) is 11.5. The van der Waals surface area contributed by atoms with Crippen molar-refractivity contribution in [2.45, 2.75) is 46.6 Å². The molecular formula is C32H36N2O5S. The fraction of sp³-hybridized carbons (Fsp3) is 0.406. The molecule has 40 heavy (non-hydrogen) atoms. The van der Waals surface area contributed by atoms with Gasteiger partial charge in [-0.05, 0) is 55.7 Å². The van der Waals surface area contributed by atoms with Crippen molar-refractivity contribution in [3.8, 4) is 0 Å². The zero-order valence-corrected chi connectivity index (χ0v) is 24.5. The minimum absolute atomic E-state index is 0.232. The van der Waals surface area contributed by atoms with Gasteiger partial charge in [-0.15, -0.1) is 0 Å². The lowest BCUT2D eigenvalue weighted by molar-refractivity contribution is -0.151. The lowest BCUT2D eigenvalue weighted by Gasteiger charge is -2.38. The molecule has 7 nitrogen and oxygen atoms in total. The third-order valence-corrected chi connectivity index (χ3v) is 8.94. The number of ketones is 1. The number of dihydropyridines is 1. The topological polar surface area (TPSA) is 86.6 Å². The number of Topliss-reactive ketones (excluding diaryl/α,β-unsaturated/α-hetero) is 1. The van der Waals surface area contributed by atoms with Crippen LogP contribution in [-0.4, -0.2) is 47.5 Å². The number of nitrogens with zero attached hydrogens (tertiary/aromatic N) is 1. The van der Waals surface area contributed by atoms with Gasteiger partial charge in [0.1, 0.15) is 12.5 Å². The van der Waals surface area contributed by atoms with Crippen molar-refractivity contribution < 1.29 is 23.9 Å². The maximum Gasteiger partial charge on any atom is 0.336 e. The Morgan fingerprint density at radius 2 is 1.85 bits per heavy atom. The SMILES string of the molecule is CCSCCOC(=O)C1=C(C)NC2=C(C(=O)[C@@H](C(=O)OC)[C@@H](C)C2)[C@H]1c1ccc2c(c1)c1ccccc1n2CC. The van der Waals surface area contributed by atoms with E-state index >= 15 is 0 Å². The van der Waals surface area contributed by atoms with Gasteiger partial charge in [0.25, 0.3) is 0 Å². The summed E-state index contributed by atoms with van der Waals surface area (Å²) in [5.74, 6) is -1.47. The number of aryl methyl sites for hydroxylation is 1. The molecule has 1 N–H and O–H groups in total. The highest BCUT2D eigenvalue weighted by atomic mass is 32.2. The molecule has 0 saturated heterocycles. The van der Waals surface area contributed by atoms with Gasteiger partial charge in [0.05, 0.1) is 12.7 Å². The van der Waals surface area contributed by atoms with E-state index in [-0.39, 0.29) is 18.3 Å². The van der Waals surface area contributed by atoms with Crippen LogP contribution in [-0.2, 0) is 30.4 Å². The Kier molecular flexibility index (Phi) is 8.08. The van der Waals surface area contributed by atoms with E-state index in [2.05, 4.69) is 48.0 Å². The van der Waals surface area contributed by atoms with Gasteiger partial charge in [-0.3, -0.25) is 9.59 Å². The van der Waals surface area contributed by atoms with Gasteiger partial charge in [-0.1, -0.05) is 38.1 Å². The molecule has 8 heteroatoms. The van der Waals surface area contributed by atoms with Crippen LogP contribution in [0.15, 0.2) is 65.0 Å². The number of hydrogen-bond donors (Lipinski definition) is 1. The molecule has 3 aromatic rings. The fourth-order valence-corrected chi connectivity index (χ4v) is 6.78. The first-order valence-corrected chi connectivity index (χ1v) is 15.1. The standard InChI is InChI=1S/C32H36N2O5S/c1-6-34-24-11-9-8-10-21(24)22-17-20(12-13-25(22)34)28-27(32(37)39-14-15-40-7-2)19(4)33-23-16-18(3)26(31(36)38-5)30(35)29(23)28/h8-13,17-18,26,28,33H,6-7,14-16H2,1-5H3/t18-,26-,28-/m0/s1. The molecule has 0 unspecified atom stereocenters. The summed E-state index contributed by atoms with van der Waals surface area (Å²) in [6.45, 7) is 9.03. The molecule has 210 valence electrons. The van der Waals surface area contributed by atoms with Gasteiger partial charge in [0.15, 0.2) is 5.78 Å². The Balaban J connectivity index is 1.68. The largest absolute Gasteiger partial charge is 0.468 e. The first-order valence-electron chi connectivity index (χ1n) is 13.9. The molecule has 0 bridgehead atoms. The van der Waals surface area contributed by atoms with Crippen molar-refractivity contribution in [2.75, 3.05) is 25.2 Å². The summed E-state index contributed by atoms with van der Waals surface area (Å²) >= 11 is 1.70. The van der Waals surface area contributed by atoms with Gasteiger partial charge < -0.3 is 19.4 Å². The fourth-order valence-electron chi connectivity index (χ4n) is 6.29. The maximum absolute atomic E-state index is 14.1. The number of methoxy groups -OCH3 is 1. The highest BCUT2D eigenvalue weighted by Gasteiger charge is 2.47. The Labute approximate surface area is 239 Å². The zero-order chi connectivity index (χ0) is 28.6. The number of nitrogens with one attached hydrogen (secondary N) is 1. The molecular weight excluding hydrogens is 524 g/mol. The predicted molar refractivity (Wildman–Crippen MR) is 159 cm³/mol. The molecule has 5 rings (SSSR count). The van der Waals surface area contributed by atoms with Crippen molar-refractivity contribution in [2.24, 2.45) is 11.8 Å². The number of carbonyl (C=O) groups excluding carboxylic acids is 3. The summed E-state index contributed by atoms with van der Waals surface area (Å²) in [6, 6.07) is 14.4. The van der Waals surface area contributed by atoms with Gasteiger partial charge in [0.2, 0.25) is 0 Å². The molecule has 0 radical (unpaired) electrons. The molecule has 0 saturated carbocycles. The second-order valence-electron chi connectivity index (χ2n) is 10.4. The number of ether oxygens (including phenoxy) is 2. The van der Waals surface area contributed by atoms with Crippen molar-refractivity contribution in [1.29, 1.82) is 0 Å². The van der Waals surface area contributed by atoms with Crippen LogP contribution < -0.4 is 5.32 Å². The summed E-state index contributed by atoms with van der Waals surface area (Å²) in [6.07, 6.45) is 0.502. The zero-order valence-electron chi connectivity index (χ0n) is 23.7. The van der Waals surface area contributed by atoms with Gasteiger partial charge >= 0.3 is 11.9 Å². The van der Waals surface area contributed by atoms with E-state index in [1.807, 2.05) is 32.0 Å².